The summed E-state index contributed by atoms with van der Waals surface area (Å²) < 4.78 is 0. The highest BCUT2D eigenvalue weighted by atomic mass is 16.4. The van der Waals surface area contributed by atoms with Gasteiger partial charge in [-0.05, 0) is 6.92 Å². The number of carboxylic acids is 1. The molecule has 5 nitrogen and oxygen atoms in total. The van der Waals surface area contributed by atoms with Crippen LogP contribution in [0.1, 0.15) is 21.9 Å². The van der Waals surface area contributed by atoms with Crippen molar-refractivity contribution in [3.05, 3.63) is 23.3 Å². The summed E-state index contributed by atoms with van der Waals surface area (Å²) in [5.41, 5.74) is 5.83. The van der Waals surface area contributed by atoms with Gasteiger partial charge in [0.2, 0.25) is 0 Å². The molecule has 12 heavy (non-hydrogen) atoms. The van der Waals surface area contributed by atoms with Crippen LogP contribution in [-0.4, -0.2) is 21.0 Å². The summed E-state index contributed by atoms with van der Waals surface area (Å²) >= 11 is 0. The Morgan fingerprint density at radius 3 is 2.83 bits per heavy atom. The Kier molecular flexibility index (Phi) is 2.35. The van der Waals surface area contributed by atoms with Crippen LogP contribution < -0.4 is 5.73 Å². The van der Waals surface area contributed by atoms with E-state index in [0.29, 0.717) is 11.5 Å². The van der Waals surface area contributed by atoms with E-state index in [-0.39, 0.29) is 12.1 Å². The van der Waals surface area contributed by atoms with Crippen molar-refractivity contribution in [1.82, 2.24) is 9.97 Å². The van der Waals surface area contributed by atoms with Crippen molar-refractivity contribution >= 4 is 5.97 Å². The minimum atomic E-state index is -1.02. The number of nitrogens with two attached hydrogens (primary N) is 1. The predicted octanol–water partition coefficient (Wildman–Crippen LogP) is -0.0581. The van der Waals surface area contributed by atoms with Crippen molar-refractivity contribution in [2.45, 2.75) is 13.5 Å². The number of aryl methyl sites for hydroxylation is 1. The molecular formula is C7H9N3O2. The number of hydrogen-bond acceptors (Lipinski definition) is 4. The Balaban J connectivity index is 3.12. The van der Waals surface area contributed by atoms with Crippen LogP contribution in [0.2, 0.25) is 0 Å². The molecule has 1 aromatic heterocycles. The average molecular weight is 167 g/mol. The highest BCUT2D eigenvalue weighted by Gasteiger charge is 2.08. The SMILES string of the molecule is Cc1nc(CN)ncc1C(=O)O. The number of rotatable bonds is 2. The summed E-state index contributed by atoms with van der Waals surface area (Å²) in [4.78, 5) is 18.2. The first-order valence-corrected chi connectivity index (χ1v) is 3.41. The fourth-order valence-corrected chi connectivity index (χ4v) is 0.823. The summed E-state index contributed by atoms with van der Waals surface area (Å²) in [5.74, 6) is -0.562. The van der Waals surface area contributed by atoms with E-state index in [1.54, 1.807) is 6.92 Å². The molecule has 0 radical (unpaired) electrons. The van der Waals surface area contributed by atoms with Gasteiger partial charge in [-0.25, -0.2) is 14.8 Å². The Morgan fingerprint density at radius 2 is 2.42 bits per heavy atom. The molecule has 3 N–H and O–H groups in total. The second-order valence-corrected chi connectivity index (χ2v) is 2.29. The molecule has 1 heterocycles. The minimum absolute atomic E-state index is 0.118. The molecule has 0 saturated heterocycles. The lowest BCUT2D eigenvalue weighted by Gasteiger charge is -2.00. The van der Waals surface area contributed by atoms with Crippen LogP contribution in [0.5, 0.6) is 0 Å². The monoisotopic (exact) mass is 167 g/mol. The van der Waals surface area contributed by atoms with Crippen LogP contribution in [-0.2, 0) is 6.54 Å². The molecule has 0 aliphatic carbocycles. The van der Waals surface area contributed by atoms with E-state index in [0.717, 1.165) is 0 Å². The third-order valence-electron chi connectivity index (χ3n) is 1.44. The molecule has 64 valence electrons. The zero-order valence-corrected chi connectivity index (χ0v) is 6.61. The molecule has 0 fully saturated rings. The van der Waals surface area contributed by atoms with Gasteiger partial charge < -0.3 is 10.8 Å². The molecule has 0 unspecified atom stereocenters. The molecule has 0 aromatic carbocycles. The molecule has 5 heteroatoms. The van der Waals surface area contributed by atoms with Gasteiger partial charge in [0.25, 0.3) is 0 Å². The molecule has 0 amide bonds. The smallest absolute Gasteiger partial charge is 0.339 e. The summed E-state index contributed by atoms with van der Waals surface area (Å²) in [6.45, 7) is 1.84. The van der Waals surface area contributed by atoms with Gasteiger partial charge in [0.05, 0.1) is 17.8 Å². The number of carbonyl (C=O) groups is 1. The highest BCUT2D eigenvalue weighted by molar-refractivity contribution is 5.88. The average Bonchev–Trinajstić information content (AvgIpc) is 2.03. The Bertz CT molecular complexity index is 312. The van der Waals surface area contributed by atoms with Crippen LogP contribution in [0.3, 0.4) is 0 Å². The molecule has 1 rings (SSSR count). The molecule has 1 aromatic rings. The zero-order valence-electron chi connectivity index (χ0n) is 6.61. The van der Waals surface area contributed by atoms with Crippen molar-refractivity contribution in [2.24, 2.45) is 5.73 Å². The van der Waals surface area contributed by atoms with Crippen LogP contribution in [0.4, 0.5) is 0 Å². The van der Waals surface area contributed by atoms with Crippen LogP contribution in [0.25, 0.3) is 0 Å². The molecule has 0 bridgehead atoms. The summed E-state index contributed by atoms with van der Waals surface area (Å²) in [6.07, 6.45) is 1.27. The highest BCUT2D eigenvalue weighted by Crippen LogP contribution is 2.02. The standard InChI is InChI=1S/C7H9N3O2/c1-4-5(7(11)12)3-9-6(2-8)10-4/h3H,2,8H2,1H3,(H,11,12). The lowest BCUT2D eigenvalue weighted by Crippen LogP contribution is -2.08. The number of hydrogen-bond donors (Lipinski definition) is 2. The van der Waals surface area contributed by atoms with E-state index in [4.69, 9.17) is 10.8 Å². The minimum Gasteiger partial charge on any atom is -0.478 e. The van der Waals surface area contributed by atoms with Crippen LogP contribution in [0.15, 0.2) is 6.20 Å². The number of nitrogens with zero attached hydrogens (tertiary/aromatic N) is 2. The number of aromatic nitrogens is 2. The molecule has 0 spiro atoms. The fourth-order valence-electron chi connectivity index (χ4n) is 0.823. The molecular weight excluding hydrogens is 158 g/mol. The van der Waals surface area contributed by atoms with E-state index in [9.17, 15) is 4.79 Å². The van der Waals surface area contributed by atoms with Crippen molar-refractivity contribution < 1.29 is 9.90 Å². The number of carboxylic acid groups (broad SMARTS) is 1. The van der Waals surface area contributed by atoms with Crippen molar-refractivity contribution in [1.29, 1.82) is 0 Å². The predicted molar refractivity (Wildman–Crippen MR) is 41.6 cm³/mol. The van der Waals surface area contributed by atoms with Crippen molar-refractivity contribution in [3.63, 3.8) is 0 Å². The fraction of sp³-hybridized carbons (Fsp3) is 0.286. The van der Waals surface area contributed by atoms with Gasteiger partial charge >= 0.3 is 5.97 Å². The van der Waals surface area contributed by atoms with Crippen molar-refractivity contribution in [2.75, 3.05) is 0 Å². The first-order chi connectivity index (χ1) is 5.65. The van der Waals surface area contributed by atoms with Crippen LogP contribution >= 0.6 is 0 Å². The summed E-state index contributed by atoms with van der Waals surface area (Å²) in [6, 6.07) is 0. The second-order valence-electron chi connectivity index (χ2n) is 2.29. The van der Waals surface area contributed by atoms with E-state index in [1.165, 1.54) is 6.20 Å². The Labute approximate surface area is 69.3 Å². The first-order valence-electron chi connectivity index (χ1n) is 3.41. The molecule has 0 atom stereocenters. The van der Waals surface area contributed by atoms with Gasteiger partial charge in [-0.1, -0.05) is 0 Å². The van der Waals surface area contributed by atoms with Gasteiger partial charge in [0.1, 0.15) is 5.82 Å². The van der Waals surface area contributed by atoms with Gasteiger partial charge in [-0.2, -0.15) is 0 Å². The van der Waals surface area contributed by atoms with Gasteiger partial charge in [0, 0.05) is 6.20 Å². The zero-order chi connectivity index (χ0) is 9.14. The summed E-state index contributed by atoms with van der Waals surface area (Å²) in [5, 5.41) is 8.62. The normalized spacial score (nSPS) is 9.83. The topological polar surface area (TPSA) is 89.1 Å². The molecule has 0 aliphatic rings. The van der Waals surface area contributed by atoms with Crippen LogP contribution in [0, 0.1) is 6.92 Å². The number of aromatic carboxylic acids is 1. The third-order valence-corrected chi connectivity index (χ3v) is 1.44. The second kappa shape index (κ2) is 3.27. The molecule has 0 aliphatic heterocycles. The maximum Gasteiger partial charge on any atom is 0.339 e. The Hall–Kier alpha value is -1.49. The van der Waals surface area contributed by atoms with E-state index in [1.807, 2.05) is 0 Å². The summed E-state index contributed by atoms with van der Waals surface area (Å²) in [7, 11) is 0. The lowest BCUT2D eigenvalue weighted by molar-refractivity contribution is 0.0695. The largest absolute Gasteiger partial charge is 0.478 e. The third kappa shape index (κ3) is 1.57. The maximum atomic E-state index is 10.5. The maximum absolute atomic E-state index is 10.5. The first kappa shape index (κ1) is 8.61. The van der Waals surface area contributed by atoms with Gasteiger partial charge in [-0.15, -0.1) is 0 Å². The lowest BCUT2D eigenvalue weighted by atomic mass is 10.2. The quantitative estimate of drug-likeness (QED) is 0.644. The van der Waals surface area contributed by atoms with E-state index < -0.39 is 5.97 Å². The van der Waals surface area contributed by atoms with Gasteiger partial charge in [-0.3, -0.25) is 0 Å². The van der Waals surface area contributed by atoms with E-state index in [2.05, 4.69) is 9.97 Å². The van der Waals surface area contributed by atoms with Crippen molar-refractivity contribution in [3.8, 4) is 0 Å². The Morgan fingerprint density at radius 1 is 1.75 bits per heavy atom. The van der Waals surface area contributed by atoms with Gasteiger partial charge in [0.15, 0.2) is 0 Å². The van der Waals surface area contributed by atoms with E-state index >= 15 is 0 Å². The molecule has 0 saturated carbocycles.